The van der Waals surface area contributed by atoms with Gasteiger partial charge in [0, 0.05) is 24.3 Å². The van der Waals surface area contributed by atoms with Crippen molar-refractivity contribution in [2.45, 2.75) is 23.7 Å². The molecule has 154 valence electrons. The molecular formula is C19H20ClN3O5S. The van der Waals surface area contributed by atoms with Crippen LogP contribution < -0.4 is 5.32 Å². The second-order valence-corrected chi connectivity index (χ2v) is 9.06. The van der Waals surface area contributed by atoms with Crippen LogP contribution in [-0.4, -0.2) is 54.3 Å². The number of halogens is 1. The number of hydrogen-bond donors (Lipinski definition) is 2. The van der Waals surface area contributed by atoms with Crippen molar-refractivity contribution >= 4 is 33.5 Å². The highest BCUT2D eigenvalue weighted by molar-refractivity contribution is 7.89. The Kier molecular flexibility index (Phi) is 6.51. The van der Waals surface area contributed by atoms with Crippen molar-refractivity contribution in [3.8, 4) is 0 Å². The molecule has 2 aromatic rings. The summed E-state index contributed by atoms with van der Waals surface area (Å²) < 4.78 is 27.1. The zero-order valence-corrected chi connectivity index (χ0v) is 17.0. The van der Waals surface area contributed by atoms with E-state index in [2.05, 4.69) is 10.3 Å². The van der Waals surface area contributed by atoms with Gasteiger partial charge in [0.15, 0.2) is 0 Å². The van der Waals surface area contributed by atoms with Crippen LogP contribution in [0.25, 0.3) is 0 Å². The van der Waals surface area contributed by atoms with Crippen LogP contribution in [0.4, 0.5) is 0 Å². The van der Waals surface area contributed by atoms with Crippen molar-refractivity contribution in [3.05, 3.63) is 58.9 Å². The van der Waals surface area contributed by atoms with Crippen molar-refractivity contribution in [3.63, 3.8) is 0 Å². The van der Waals surface area contributed by atoms with Gasteiger partial charge in [-0.25, -0.2) is 13.4 Å². The predicted molar refractivity (Wildman–Crippen MR) is 106 cm³/mol. The molecule has 0 saturated carbocycles. The van der Waals surface area contributed by atoms with Crippen molar-refractivity contribution in [2.24, 2.45) is 0 Å². The second kappa shape index (κ2) is 8.89. The average Bonchev–Trinajstić information content (AvgIpc) is 2.72. The van der Waals surface area contributed by atoms with E-state index in [-0.39, 0.29) is 16.5 Å². The summed E-state index contributed by atoms with van der Waals surface area (Å²) in [6.45, 7) is 0.232. The molecule has 1 aromatic heterocycles. The van der Waals surface area contributed by atoms with Crippen molar-refractivity contribution in [2.75, 3.05) is 19.6 Å². The molecule has 8 nitrogen and oxygen atoms in total. The third kappa shape index (κ3) is 5.11. The van der Waals surface area contributed by atoms with Crippen LogP contribution in [0.5, 0.6) is 0 Å². The fourth-order valence-corrected chi connectivity index (χ4v) is 4.77. The van der Waals surface area contributed by atoms with Crippen LogP contribution in [-0.2, 0) is 14.8 Å². The van der Waals surface area contributed by atoms with Crippen molar-refractivity contribution in [1.29, 1.82) is 0 Å². The van der Waals surface area contributed by atoms with Crippen LogP contribution in [0.1, 0.15) is 34.8 Å². The van der Waals surface area contributed by atoms with E-state index in [1.165, 1.54) is 16.4 Å². The topological polar surface area (TPSA) is 117 Å². The quantitative estimate of drug-likeness (QED) is 0.714. The molecule has 0 unspecified atom stereocenters. The highest BCUT2D eigenvalue weighted by Gasteiger charge is 2.30. The van der Waals surface area contributed by atoms with Crippen LogP contribution in [0.2, 0.25) is 5.02 Å². The Morgan fingerprint density at radius 3 is 2.34 bits per heavy atom. The van der Waals surface area contributed by atoms with E-state index in [0.29, 0.717) is 31.0 Å². The first-order valence-electron chi connectivity index (χ1n) is 8.99. The number of carboxylic acid groups (broad SMARTS) is 1. The number of piperidine rings is 1. The Balaban J connectivity index is 1.64. The Morgan fingerprint density at radius 1 is 1.14 bits per heavy atom. The molecule has 3 rings (SSSR count). The summed E-state index contributed by atoms with van der Waals surface area (Å²) in [5.74, 6) is -1.59. The zero-order chi connectivity index (χ0) is 21.0. The molecule has 1 fully saturated rings. The molecule has 0 bridgehead atoms. The average molecular weight is 438 g/mol. The molecule has 2 heterocycles. The van der Waals surface area contributed by atoms with E-state index in [1.54, 1.807) is 0 Å². The first-order valence-corrected chi connectivity index (χ1v) is 10.8. The molecule has 0 aliphatic carbocycles. The summed E-state index contributed by atoms with van der Waals surface area (Å²) in [5, 5.41) is 11.4. The second-order valence-electron chi connectivity index (χ2n) is 6.69. The number of nitrogens with one attached hydrogen (secondary N) is 1. The number of nitrogens with zero attached hydrogens (tertiary/aromatic N) is 2. The van der Waals surface area contributed by atoms with E-state index in [4.69, 9.17) is 16.7 Å². The summed E-state index contributed by atoms with van der Waals surface area (Å²) in [7, 11) is -3.72. The number of rotatable bonds is 6. The van der Waals surface area contributed by atoms with E-state index in [1.807, 2.05) is 24.3 Å². The number of aromatic nitrogens is 1. The lowest BCUT2D eigenvalue weighted by molar-refractivity contribution is -0.135. The molecule has 29 heavy (non-hydrogen) atoms. The Labute approximate surface area is 173 Å². The fourth-order valence-electron chi connectivity index (χ4n) is 3.23. The largest absolute Gasteiger partial charge is 0.480 e. The minimum Gasteiger partial charge on any atom is -0.480 e. The lowest BCUT2D eigenvalue weighted by Gasteiger charge is -2.31. The maximum atomic E-state index is 12.9. The van der Waals surface area contributed by atoms with E-state index in [0.717, 1.165) is 11.8 Å². The summed E-state index contributed by atoms with van der Waals surface area (Å²) in [4.78, 5) is 26.2. The monoisotopic (exact) mass is 437 g/mol. The summed E-state index contributed by atoms with van der Waals surface area (Å²) in [6.07, 6.45) is 2.52. The Hall–Kier alpha value is -2.49. The Morgan fingerprint density at radius 2 is 1.79 bits per heavy atom. The van der Waals surface area contributed by atoms with Gasteiger partial charge in [0.2, 0.25) is 10.0 Å². The number of benzene rings is 1. The van der Waals surface area contributed by atoms with Gasteiger partial charge in [-0.3, -0.25) is 9.59 Å². The normalized spacial score (nSPS) is 15.8. The zero-order valence-electron chi connectivity index (χ0n) is 15.4. The van der Waals surface area contributed by atoms with Crippen LogP contribution in [0.15, 0.2) is 47.5 Å². The highest BCUT2D eigenvalue weighted by Crippen LogP contribution is 2.31. The minimum atomic E-state index is -3.72. The van der Waals surface area contributed by atoms with Gasteiger partial charge in [0.1, 0.15) is 17.1 Å². The van der Waals surface area contributed by atoms with Gasteiger partial charge in [-0.2, -0.15) is 4.31 Å². The molecule has 0 atom stereocenters. The van der Waals surface area contributed by atoms with Gasteiger partial charge in [-0.1, -0.05) is 23.7 Å². The van der Waals surface area contributed by atoms with E-state index < -0.39 is 28.4 Å². The number of carboxylic acids is 1. The standard InChI is InChI=1S/C19H20ClN3O5S/c20-15-3-1-13(2-4-15)14-7-9-23(10-8-14)29(27,28)16-5-6-17(21-11-16)19(26)22-12-18(24)25/h1-6,11,14H,7-10,12H2,(H,22,26)(H,24,25). The molecule has 0 radical (unpaired) electrons. The van der Waals surface area contributed by atoms with Crippen LogP contribution in [0.3, 0.4) is 0 Å². The number of hydrogen-bond acceptors (Lipinski definition) is 5. The van der Waals surface area contributed by atoms with E-state index in [9.17, 15) is 18.0 Å². The molecular weight excluding hydrogens is 418 g/mol. The lowest BCUT2D eigenvalue weighted by Crippen LogP contribution is -2.38. The SMILES string of the molecule is O=C(O)CNC(=O)c1ccc(S(=O)(=O)N2CCC(c3ccc(Cl)cc3)CC2)cn1. The maximum Gasteiger partial charge on any atom is 0.322 e. The van der Waals surface area contributed by atoms with Crippen LogP contribution >= 0.6 is 11.6 Å². The number of sulfonamides is 1. The molecule has 1 amide bonds. The third-order valence-electron chi connectivity index (χ3n) is 4.80. The van der Waals surface area contributed by atoms with Crippen LogP contribution in [0, 0.1) is 0 Å². The van der Waals surface area contributed by atoms with E-state index >= 15 is 0 Å². The number of pyridine rings is 1. The van der Waals surface area contributed by atoms with Gasteiger partial charge in [0.05, 0.1) is 0 Å². The molecule has 1 saturated heterocycles. The number of carbonyl (C=O) groups is 2. The summed E-state index contributed by atoms with van der Waals surface area (Å²) in [5.41, 5.74) is 1.09. The summed E-state index contributed by atoms with van der Waals surface area (Å²) in [6, 6.07) is 10.2. The first kappa shape index (κ1) is 21.2. The van der Waals surface area contributed by atoms with Crippen molar-refractivity contribution in [1.82, 2.24) is 14.6 Å². The minimum absolute atomic E-state index is 0.00257. The third-order valence-corrected chi connectivity index (χ3v) is 6.94. The molecule has 10 heteroatoms. The molecule has 1 aromatic carbocycles. The smallest absolute Gasteiger partial charge is 0.322 e. The highest BCUT2D eigenvalue weighted by atomic mass is 35.5. The van der Waals surface area contributed by atoms with Gasteiger partial charge < -0.3 is 10.4 Å². The van der Waals surface area contributed by atoms with Gasteiger partial charge in [0.25, 0.3) is 5.91 Å². The first-order chi connectivity index (χ1) is 13.8. The molecule has 2 N–H and O–H groups in total. The molecule has 1 aliphatic rings. The summed E-state index contributed by atoms with van der Waals surface area (Å²) >= 11 is 5.92. The molecule has 0 spiro atoms. The molecule has 1 aliphatic heterocycles. The number of aliphatic carboxylic acids is 1. The number of amides is 1. The maximum absolute atomic E-state index is 12.9. The number of carbonyl (C=O) groups excluding carboxylic acids is 1. The van der Waals surface area contributed by atoms with Crippen molar-refractivity contribution < 1.29 is 23.1 Å². The predicted octanol–water partition coefficient (Wildman–Crippen LogP) is 2.12. The van der Waals surface area contributed by atoms with Gasteiger partial charge >= 0.3 is 5.97 Å². The van der Waals surface area contributed by atoms with Gasteiger partial charge in [-0.05, 0) is 48.6 Å². The fraction of sp³-hybridized carbons (Fsp3) is 0.316. The Bertz CT molecular complexity index is 986. The lowest BCUT2D eigenvalue weighted by atomic mass is 9.90. The van der Waals surface area contributed by atoms with Gasteiger partial charge in [-0.15, -0.1) is 0 Å².